The summed E-state index contributed by atoms with van der Waals surface area (Å²) in [6, 6.07) is 5.49. The highest BCUT2D eigenvalue weighted by molar-refractivity contribution is 5.69. The number of ether oxygens (including phenoxy) is 1. The van der Waals surface area contributed by atoms with Crippen molar-refractivity contribution in [3.8, 4) is 5.88 Å². The van der Waals surface area contributed by atoms with Gasteiger partial charge in [0.15, 0.2) is 0 Å². The normalized spacial score (nSPS) is 12.1. The first-order valence-corrected chi connectivity index (χ1v) is 4.86. The van der Waals surface area contributed by atoms with Crippen LogP contribution in [0.4, 0.5) is 0 Å². The minimum atomic E-state index is -0.766. The Morgan fingerprint density at radius 1 is 1.60 bits per heavy atom. The fourth-order valence-corrected chi connectivity index (χ4v) is 1.20. The van der Waals surface area contributed by atoms with Gasteiger partial charge in [0.2, 0.25) is 5.88 Å². The summed E-state index contributed by atoms with van der Waals surface area (Å²) in [7, 11) is 1.56. The minimum absolute atomic E-state index is 0.335. The molecule has 1 unspecified atom stereocenters. The molecule has 0 aliphatic rings. The molecule has 0 aliphatic carbocycles. The summed E-state index contributed by atoms with van der Waals surface area (Å²) < 4.78 is 4.98. The molecule has 1 rings (SSSR count). The molecule has 0 radical (unpaired) electrons. The van der Waals surface area contributed by atoms with Crippen LogP contribution in [0.1, 0.15) is 19.0 Å². The number of methoxy groups -OCH3 is 1. The largest absolute Gasteiger partial charge is 0.481 e. The van der Waals surface area contributed by atoms with Crippen LogP contribution in [0.2, 0.25) is 0 Å². The maximum absolute atomic E-state index is 10.6. The Kier molecular flexibility index (Phi) is 4.09. The van der Waals surface area contributed by atoms with Crippen LogP contribution >= 0.6 is 0 Å². The molecule has 82 valence electrons. The summed E-state index contributed by atoms with van der Waals surface area (Å²) in [5.41, 5.74) is 0.863. The third-order valence-electron chi connectivity index (χ3n) is 2.25. The van der Waals surface area contributed by atoms with Gasteiger partial charge in [0.1, 0.15) is 0 Å². The number of carboxylic acid groups (broad SMARTS) is 1. The topological polar surface area (TPSA) is 59.4 Å². The van der Waals surface area contributed by atoms with Crippen molar-refractivity contribution in [3.63, 3.8) is 0 Å². The number of hydrogen-bond acceptors (Lipinski definition) is 3. The van der Waals surface area contributed by atoms with Crippen molar-refractivity contribution < 1.29 is 14.6 Å². The number of aromatic nitrogens is 1. The number of hydrogen-bond donors (Lipinski definition) is 1. The maximum Gasteiger partial charge on any atom is 0.306 e. The predicted molar refractivity (Wildman–Crippen MR) is 55.9 cm³/mol. The molecule has 1 N–H and O–H groups in total. The predicted octanol–water partition coefficient (Wildman–Crippen LogP) is 1.74. The van der Waals surface area contributed by atoms with Gasteiger partial charge in [-0.15, -0.1) is 0 Å². The Balaban J connectivity index is 2.53. The lowest BCUT2D eigenvalue weighted by molar-refractivity contribution is -0.141. The highest BCUT2D eigenvalue weighted by Crippen LogP contribution is 2.11. The van der Waals surface area contributed by atoms with E-state index in [0.29, 0.717) is 18.7 Å². The monoisotopic (exact) mass is 209 g/mol. The van der Waals surface area contributed by atoms with E-state index in [1.165, 1.54) is 0 Å². The number of carbonyl (C=O) groups is 1. The zero-order valence-electron chi connectivity index (χ0n) is 8.93. The molecule has 1 aromatic heterocycles. The van der Waals surface area contributed by atoms with Gasteiger partial charge in [-0.3, -0.25) is 4.79 Å². The van der Waals surface area contributed by atoms with Crippen LogP contribution in [0, 0.1) is 5.92 Å². The van der Waals surface area contributed by atoms with Crippen LogP contribution in [0.3, 0.4) is 0 Å². The van der Waals surface area contributed by atoms with Gasteiger partial charge in [0.05, 0.1) is 13.0 Å². The molecule has 0 aromatic carbocycles. The van der Waals surface area contributed by atoms with Crippen molar-refractivity contribution in [2.75, 3.05) is 7.11 Å². The van der Waals surface area contributed by atoms with Crippen molar-refractivity contribution in [1.29, 1.82) is 0 Å². The summed E-state index contributed by atoms with van der Waals surface area (Å²) in [6.07, 6.45) is 1.25. The lowest BCUT2D eigenvalue weighted by atomic mass is 10.0. The SMILES string of the molecule is COc1cccc(CCC(C)C(=O)O)n1. The van der Waals surface area contributed by atoms with Crippen LogP contribution in [0.25, 0.3) is 0 Å². The summed E-state index contributed by atoms with van der Waals surface area (Å²) in [4.78, 5) is 14.8. The summed E-state index contributed by atoms with van der Waals surface area (Å²) >= 11 is 0. The first kappa shape index (κ1) is 11.5. The molecule has 0 bridgehead atoms. The van der Waals surface area contributed by atoms with Crippen LogP contribution < -0.4 is 4.74 Å². The minimum Gasteiger partial charge on any atom is -0.481 e. The first-order valence-electron chi connectivity index (χ1n) is 4.86. The molecule has 1 atom stereocenters. The van der Waals surface area contributed by atoms with Crippen molar-refractivity contribution in [2.45, 2.75) is 19.8 Å². The van der Waals surface area contributed by atoms with E-state index < -0.39 is 5.97 Å². The number of rotatable bonds is 5. The van der Waals surface area contributed by atoms with Gasteiger partial charge in [0, 0.05) is 11.8 Å². The Hall–Kier alpha value is -1.58. The molecule has 15 heavy (non-hydrogen) atoms. The number of carboxylic acids is 1. The smallest absolute Gasteiger partial charge is 0.306 e. The molecule has 0 amide bonds. The van der Waals surface area contributed by atoms with Crippen molar-refractivity contribution >= 4 is 5.97 Å². The van der Waals surface area contributed by atoms with E-state index in [2.05, 4.69) is 4.98 Å². The summed E-state index contributed by atoms with van der Waals surface area (Å²) in [5, 5.41) is 8.72. The van der Waals surface area contributed by atoms with E-state index in [-0.39, 0.29) is 5.92 Å². The van der Waals surface area contributed by atoms with Gasteiger partial charge < -0.3 is 9.84 Å². The fraction of sp³-hybridized carbons (Fsp3) is 0.455. The molecule has 1 aromatic rings. The van der Waals surface area contributed by atoms with Crippen LogP contribution in [0.5, 0.6) is 5.88 Å². The first-order chi connectivity index (χ1) is 7.13. The van der Waals surface area contributed by atoms with E-state index in [9.17, 15) is 4.79 Å². The second-order valence-electron chi connectivity index (χ2n) is 3.45. The van der Waals surface area contributed by atoms with Gasteiger partial charge in [-0.25, -0.2) is 4.98 Å². The molecule has 4 heteroatoms. The molecule has 1 heterocycles. The molecule has 0 saturated heterocycles. The van der Waals surface area contributed by atoms with Gasteiger partial charge in [-0.1, -0.05) is 13.0 Å². The van der Waals surface area contributed by atoms with Crippen molar-refractivity contribution in [2.24, 2.45) is 5.92 Å². The third-order valence-corrected chi connectivity index (χ3v) is 2.25. The Bertz CT molecular complexity index is 338. The lowest BCUT2D eigenvalue weighted by Gasteiger charge is -2.06. The summed E-state index contributed by atoms with van der Waals surface area (Å²) in [5.74, 6) is -0.536. The fourth-order valence-electron chi connectivity index (χ4n) is 1.20. The Morgan fingerprint density at radius 2 is 2.33 bits per heavy atom. The number of aliphatic carboxylic acids is 1. The van der Waals surface area contributed by atoms with E-state index in [0.717, 1.165) is 5.69 Å². The molecule has 0 spiro atoms. The van der Waals surface area contributed by atoms with E-state index >= 15 is 0 Å². The van der Waals surface area contributed by atoms with Crippen molar-refractivity contribution in [1.82, 2.24) is 4.98 Å². The number of pyridine rings is 1. The average Bonchev–Trinajstić information content (AvgIpc) is 2.26. The lowest BCUT2D eigenvalue weighted by Crippen LogP contribution is -2.10. The van der Waals surface area contributed by atoms with Crippen LogP contribution in [0.15, 0.2) is 18.2 Å². The van der Waals surface area contributed by atoms with Gasteiger partial charge >= 0.3 is 5.97 Å². The van der Waals surface area contributed by atoms with E-state index in [1.54, 1.807) is 20.1 Å². The third kappa shape index (κ3) is 3.58. The molecule has 0 aliphatic heterocycles. The van der Waals surface area contributed by atoms with E-state index in [4.69, 9.17) is 9.84 Å². The van der Waals surface area contributed by atoms with Crippen molar-refractivity contribution in [3.05, 3.63) is 23.9 Å². The second-order valence-corrected chi connectivity index (χ2v) is 3.45. The van der Waals surface area contributed by atoms with Crippen LogP contribution in [-0.2, 0) is 11.2 Å². The van der Waals surface area contributed by atoms with Gasteiger partial charge in [0.25, 0.3) is 0 Å². The molecule has 4 nitrogen and oxygen atoms in total. The Morgan fingerprint density at radius 3 is 2.93 bits per heavy atom. The highest BCUT2D eigenvalue weighted by atomic mass is 16.5. The summed E-state index contributed by atoms with van der Waals surface area (Å²) in [6.45, 7) is 1.70. The number of nitrogens with zero attached hydrogens (tertiary/aromatic N) is 1. The molecule has 0 fully saturated rings. The molecule has 0 saturated carbocycles. The van der Waals surface area contributed by atoms with Gasteiger partial charge in [-0.2, -0.15) is 0 Å². The second kappa shape index (κ2) is 5.34. The Labute approximate surface area is 88.9 Å². The van der Waals surface area contributed by atoms with Gasteiger partial charge in [-0.05, 0) is 18.9 Å². The quantitative estimate of drug-likeness (QED) is 0.802. The highest BCUT2D eigenvalue weighted by Gasteiger charge is 2.10. The molecular formula is C11H15NO3. The maximum atomic E-state index is 10.6. The van der Waals surface area contributed by atoms with E-state index in [1.807, 2.05) is 12.1 Å². The zero-order valence-corrected chi connectivity index (χ0v) is 8.93. The van der Waals surface area contributed by atoms with Crippen LogP contribution in [-0.4, -0.2) is 23.2 Å². The standard InChI is InChI=1S/C11H15NO3/c1-8(11(13)14)6-7-9-4-3-5-10(12-9)15-2/h3-5,8H,6-7H2,1-2H3,(H,13,14). The molecular weight excluding hydrogens is 194 g/mol. The average molecular weight is 209 g/mol. The zero-order chi connectivity index (χ0) is 11.3. The number of aryl methyl sites for hydroxylation is 1.